The zero-order chi connectivity index (χ0) is 17.7. The number of carbonyl (C=O) groups excluding carboxylic acids is 2. The maximum atomic E-state index is 12.4. The number of nitrogens with one attached hydrogen (secondary N) is 2. The Labute approximate surface area is 147 Å². The van der Waals surface area contributed by atoms with E-state index in [-0.39, 0.29) is 17.1 Å². The molecule has 0 aliphatic rings. The van der Waals surface area contributed by atoms with E-state index < -0.39 is 0 Å². The molecule has 0 aromatic heterocycles. The summed E-state index contributed by atoms with van der Waals surface area (Å²) in [6.45, 7) is 7.34. The Morgan fingerprint density at radius 2 is 1.67 bits per heavy atom. The number of thioether (sulfide) groups is 1. The number of hydrogen-bond donors (Lipinski definition) is 2. The van der Waals surface area contributed by atoms with Gasteiger partial charge in [0.1, 0.15) is 0 Å². The molecule has 0 unspecified atom stereocenters. The second-order valence-electron chi connectivity index (χ2n) is 5.77. The molecule has 1 atom stereocenters. The molecular weight excluding hydrogens is 320 g/mol. The SMILES string of the molecule is CC(=O)Nc1ccc(S[C@@H](C)C(=O)Nc2cc(C)ccc2C)cc1. The number of amides is 2. The largest absolute Gasteiger partial charge is 0.326 e. The Morgan fingerprint density at radius 1 is 1.00 bits per heavy atom. The van der Waals surface area contributed by atoms with Gasteiger partial charge in [-0.05, 0) is 62.2 Å². The summed E-state index contributed by atoms with van der Waals surface area (Å²) in [4.78, 5) is 24.4. The van der Waals surface area contributed by atoms with Gasteiger partial charge in [0, 0.05) is 23.2 Å². The van der Waals surface area contributed by atoms with Crippen LogP contribution in [0.25, 0.3) is 0 Å². The summed E-state index contributed by atoms with van der Waals surface area (Å²) in [5.41, 5.74) is 3.77. The molecule has 2 aromatic carbocycles. The van der Waals surface area contributed by atoms with Crippen molar-refractivity contribution in [2.75, 3.05) is 10.6 Å². The van der Waals surface area contributed by atoms with Gasteiger partial charge in [0.2, 0.25) is 11.8 Å². The number of anilines is 2. The Morgan fingerprint density at radius 3 is 2.29 bits per heavy atom. The lowest BCUT2D eigenvalue weighted by Gasteiger charge is -2.14. The number of carbonyl (C=O) groups is 2. The van der Waals surface area contributed by atoms with Crippen molar-refractivity contribution in [2.24, 2.45) is 0 Å². The molecule has 126 valence electrons. The molecule has 0 saturated heterocycles. The van der Waals surface area contributed by atoms with Gasteiger partial charge in [0.05, 0.1) is 5.25 Å². The summed E-state index contributed by atoms with van der Waals surface area (Å²) in [5, 5.41) is 5.49. The molecule has 2 rings (SSSR count). The highest BCUT2D eigenvalue weighted by Crippen LogP contribution is 2.26. The highest BCUT2D eigenvalue weighted by molar-refractivity contribution is 8.00. The zero-order valence-electron chi connectivity index (χ0n) is 14.3. The molecule has 0 saturated carbocycles. The van der Waals surface area contributed by atoms with E-state index in [2.05, 4.69) is 10.6 Å². The van der Waals surface area contributed by atoms with Crippen LogP contribution < -0.4 is 10.6 Å². The van der Waals surface area contributed by atoms with Crippen molar-refractivity contribution >= 4 is 35.0 Å². The monoisotopic (exact) mass is 342 g/mol. The number of aryl methyl sites for hydroxylation is 2. The Bertz CT molecular complexity index is 742. The minimum atomic E-state index is -0.225. The molecule has 0 fully saturated rings. The second-order valence-corrected chi connectivity index (χ2v) is 7.19. The van der Waals surface area contributed by atoms with E-state index in [1.807, 2.05) is 63.2 Å². The highest BCUT2D eigenvalue weighted by Gasteiger charge is 2.15. The Hall–Kier alpha value is -2.27. The first kappa shape index (κ1) is 18.1. The van der Waals surface area contributed by atoms with Crippen LogP contribution >= 0.6 is 11.8 Å². The molecule has 0 spiro atoms. The fraction of sp³-hybridized carbons (Fsp3) is 0.263. The Kier molecular flexibility index (Phi) is 6.04. The lowest BCUT2D eigenvalue weighted by molar-refractivity contribution is -0.115. The van der Waals surface area contributed by atoms with E-state index in [1.54, 1.807) is 0 Å². The van der Waals surface area contributed by atoms with Crippen molar-refractivity contribution < 1.29 is 9.59 Å². The summed E-state index contributed by atoms with van der Waals surface area (Å²) in [6.07, 6.45) is 0. The maximum Gasteiger partial charge on any atom is 0.237 e. The van der Waals surface area contributed by atoms with Crippen LogP contribution in [0.15, 0.2) is 47.4 Å². The minimum absolute atomic E-state index is 0.0281. The lowest BCUT2D eigenvalue weighted by Crippen LogP contribution is -2.22. The van der Waals surface area contributed by atoms with Crippen molar-refractivity contribution in [2.45, 2.75) is 37.8 Å². The third kappa shape index (κ3) is 5.13. The molecule has 0 aliphatic carbocycles. The van der Waals surface area contributed by atoms with Crippen LogP contribution in [0, 0.1) is 13.8 Å². The van der Waals surface area contributed by atoms with E-state index >= 15 is 0 Å². The van der Waals surface area contributed by atoms with Crippen LogP contribution in [0.2, 0.25) is 0 Å². The summed E-state index contributed by atoms with van der Waals surface area (Å²) in [6, 6.07) is 13.5. The summed E-state index contributed by atoms with van der Waals surface area (Å²) >= 11 is 1.48. The molecule has 2 aromatic rings. The summed E-state index contributed by atoms with van der Waals surface area (Å²) in [7, 11) is 0. The Balaban J connectivity index is 1.98. The van der Waals surface area contributed by atoms with Crippen LogP contribution in [0.1, 0.15) is 25.0 Å². The predicted octanol–water partition coefficient (Wildman–Crippen LogP) is 4.38. The molecular formula is C19H22N2O2S. The minimum Gasteiger partial charge on any atom is -0.326 e. The predicted molar refractivity (Wildman–Crippen MR) is 101 cm³/mol. The van der Waals surface area contributed by atoms with Crippen molar-refractivity contribution in [1.29, 1.82) is 0 Å². The van der Waals surface area contributed by atoms with Crippen LogP contribution in [-0.4, -0.2) is 17.1 Å². The maximum absolute atomic E-state index is 12.4. The molecule has 0 radical (unpaired) electrons. The zero-order valence-corrected chi connectivity index (χ0v) is 15.2. The van der Waals surface area contributed by atoms with Crippen LogP contribution in [0.5, 0.6) is 0 Å². The first-order chi connectivity index (χ1) is 11.3. The smallest absolute Gasteiger partial charge is 0.237 e. The number of rotatable bonds is 5. The van der Waals surface area contributed by atoms with E-state index in [0.717, 1.165) is 27.4 Å². The molecule has 2 amide bonds. The van der Waals surface area contributed by atoms with Gasteiger partial charge in [0.25, 0.3) is 0 Å². The van der Waals surface area contributed by atoms with E-state index in [0.29, 0.717) is 0 Å². The summed E-state index contributed by atoms with van der Waals surface area (Å²) in [5.74, 6) is -0.128. The van der Waals surface area contributed by atoms with Gasteiger partial charge in [-0.1, -0.05) is 12.1 Å². The van der Waals surface area contributed by atoms with Crippen molar-refractivity contribution in [3.63, 3.8) is 0 Å². The van der Waals surface area contributed by atoms with Gasteiger partial charge in [-0.3, -0.25) is 9.59 Å². The fourth-order valence-electron chi connectivity index (χ4n) is 2.18. The van der Waals surface area contributed by atoms with Crippen molar-refractivity contribution in [1.82, 2.24) is 0 Å². The third-order valence-electron chi connectivity index (χ3n) is 3.51. The molecule has 24 heavy (non-hydrogen) atoms. The van der Waals surface area contributed by atoms with Crippen molar-refractivity contribution in [3.8, 4) is 0 Å². The number of benzene rings is 2. The van der Waals surface area contributed by atoms with Gasteiger partial charge >= 0.3 is 0 Å². The van der Waals surface area contributed by atoms with Crippen molar-refractivity contribution in [3.05, 3.63) is 53.6 Å². The number of hydrogen-bond acceptors (Lipinski definition) is 3. The topological polar surface area (TPSA) is 58.2 Å². The molecule has 0 bridgehead atoms. The fourth-order valence-corrected chi connectivity index (χ4v) is 3.05. The van der Waals surface area contributed by atoms with Crippen LogP contribution in [0.4, 0.5) is 11.4 Å². The van der Waals surface area contributed by atoms with Gasteiger partial charge in [-0.15, -0.1) is 11.8 Å². The van der Waals surface area contributed by atoms with Gasteiger partial charge in [0.15, 0.2) is 0 Å². The normalized spacial score (nSPS) is 11.7. The molecule has 0 aliphatic heterocycles. The van der Waals surface area contributed by atoms with E-state index in [9.17, 15) is 9.59 Å². The first-order valence-electron chi connectivity index (χ1n) is 7.77. The molecule has 4 nitrogen and oxygen atoms in total. The molecule has 0 heterocycles. The average molecular weight is 342 g/mol. The van der Waals surface area contributed by atoms with E-state index in [1.165, 1.54) is 18.7 Å². The third-order valence-corrected chi connectivity index (χ3v) is 4.62. The van der Waals surface area contributed by atoms with E-state index in [4.69, 9.17) is 0 Å². The van der Waals surface area contributed by atoms with Gasteiger partial charge < -0.3 is 10.6 Å². The molecule has 5 heteroatoms. The van der Waals surface area contributed by atoms with Crippen LogP contribution in [-0.2, 0) is 9.59 Å². The molecule has 2 N–H and O–H groups in total. The average Bonchev–Trinajstić information content (AvgIpc) is 2.52. The second kappa shape index (κ2) is 8.02. The van der Waals surface area contributed by atoms with Crippen LogP contribution in [0.3, 0.4) is 0 Å². The first-order valence-corrected chi connectivity index (χ1v) is 8.65. The van der Waals surface area contributed by atoms with Gasteiger partial charge in [-0.2, -0.15) is 0 Å². The standard InChI is InChI=1S/C19H22N2O2S/c1-12-5-6-13(2)18(11-12)21-19(23)14(3)24-17-9-7-16(8-10-17)20-15(4)22/h5-11,14H,1-4H3,(H,20,22)(H,21,23)/t14-/m0/s1. The lowest BCUT2D eigenvalue weighted by atomic mass is 10.1. The highest BCUT2D eigenvalue weighted by atomic mass is 32.2. The summed E-state index contributed by atoms with van der Waals surface area (Å²) < 4.78 is 0. The quantitative estimate of drug-likeness (QED) is 0.793. The van der Waals surface area contributed by atoms with Gasteiger partial charge in [-0.25, -0.2) is 0 Å².